The minimum atomic E-state index is -0.922. The number of hydrogen-bond acceptors (Lipinski definition) is 4. The Morgan fingerprint density at radius 2 is 1.89 bits per heavy atom. The number of ketones is 1. The summed E-state index contributed by atoms with van der Waals surface area (Å²) in [7, 11) is 0. The zero-order valence-corrected chi connectivity index (χ0v) is 10.2. The molecular formula is C14H13NO3. The molecular weight excluding hydrogens is 230 g/mol. The first kappa shape index (κ1) is 12.2. The lowest BCUT2D eigenvalue weighted by Gasteiger charge is -2.18. The lowest BCUT2D eigenvalue weighted by molar-refractivity contribution is -0.146. The number of rotatable bonds is 2. The van der Waals surface area contributed by atoms with Crippen LogP contribution < -0.4 is 0 Å². The topological polar surface area (TPSA) is 55.7 Å². The molecule has 4 nitrogen and oxygen atoms in total. The Hall–Kier alpha value is -2.23. The summed E-state index contributed by atoms with van der Waals surface area (Å²) in [5.74, 6) is -1.43. The van der Waals surface area contributed by atoms with Crippen molar-refractivity contribution in [2.75, 3.05) is 0 Å². The van der Waals surface area contributed by atoms with Crippen molar-refractivity contribution in [2.24, 2.45) is 10.9 Å². The molecule has 1 heterocycles. The van der Waals surface area contributed by atoms with E-state index in [0.717, 1.165) is 0 Å². The Bertz CT molecular complexity index is 543. The molecule has 0 spiro atoms. The third-order valence-corrected chi connectivity index (χ3v) is 2.61. The maximum Gasteiger partial charge on any atom is 0.327 e. The Kier molecular flexibility index (Phi) is 3.37. The molecule has 0 fully saturated rings. The SMILES string of the molecule is CC1=CC(=O)C(C(C)=Nc2ccccc2)C(=O)O1. The zero-order valence-electron chi connectivity index (χ0n) is 10.2. The van der Waals surface area contributed by atoms with Gasteiger partial charge in [0.25, 0.3) is 0 Å². The number of nitrogens with zero attached hydrogens (tertiary/aromatic N) is 1. The van der Waals surface area contributed by atoms with Crippen molar-refractivity contribution in [3.63, 3.8) is 0 Å². The summed E-state index contributed by atoms with van der Waals surface area (Å²) in [4.78, 5) is 27.7. The van der Waals surface area contributed by atoms with Gasteiger partial charge in [-0.25, -0.2) is 0 Å². The molecule has 0 N–H and O–H groups in total. The van der Waals surface area contributed by atoms with Gasteiger partial charge in [0.1, 0.15) is 5.76 Å². The number of ether oxygens (including phenoxy) is 1. The predicted molar refractivity (Wildman–Crippen MR) is 67.6 cm³/mol. The van der Waals surface area contributed by atoms with E-state index in [1.54, 1.807) is 13.8 Å². The number of aliphatic imine (C=N–C) groups is 1. The minimum Gasteiger partial charge on any atom is -0.430 e. The third kappa shape index (κ3) is 2.53. The van der Waals surface area contributed by atoms with Crippen molar-refractivity contribution in [2.45, 2.75) is 13.8 Å². The minimum absolute atomic E-state index is 0.277. The summed E-state index contributed by atoms with van der Waals surface area (Å²) in [5.41, 5.74) is 1.15. The van der Waals surface area contributed by atoms with E-state index in [4.69, 9.17) is 4.74 Å². The van der Waals surface area contributed by atoms with Crippen LogP contribution in [0.3, 0.4) is 0 Å². The molecule has 1 aliphatic heterocycles. The van der Waals surface area contributed by atoms with Crippen molar-refractivity contribution in [3.8, 4) is 0 Å². The standard InChI is InChI=1S/C14H13NO3/c1-9-8-12(16)13(14(17)18-9)10(2)15-11-6-4-3-5-7-11/h3-8,13H,1-2H3. The van der Waals surface area contributed by atoms with Gasteiger partial charge in [0.2, 0.25) is 0 Å². The molecule has 1 unspecified atom stereocenters. The first-order chi connectivity index (χ1) is 8.58. The van der Waals surface area contributed by atoms with Crippen LogP contribution in [-0.2, 0) is 14.3 Å². The molecule has 1 atom stereocenters. The summed E-state index contributed by atoms with van der Waals surface area (Å²) >= 11 is 0. The molecule has 18 heavy (non-hydrogen) atoms. The van der Waals surface area contributed by atoms with Crippen LogP contribution in [0.1, 0.15) is 13.8 Å². The largest absolute Gasteiger partial charge is 0.430 e. The fraction of sp³-hybridized carbons (Fsp3) is 0.214. The summed E-state index contributed by atoms with van der Waals surface area (Å²) in [6.45, 7) is 3.24. The number of carbonyl (C=O) groups excluding carboxylic acids is 2. The lowest BCUT2D eigenvalue weighted by atomic mass is 9.96. The molecule has 0 amide bonds. The quantitative estimate of drug-likeness (QED) is 0.455. The fourth-order valence-corrected chi connectivity index (χ4v) is 1.79. The molecule has 0 aromatic heterocycles. The Balaban J connectivity index is 2.29. The Morgan fingerprint density at radius 1 is 1.22 bits per heavy atom. The fourth-order valence-electron chi connectivity index (χ4n) is 1.79. The molecule has 4 heteroatoms. The second kappa shape index (κ2) is 4.96. The molecule has 2 rings (SSSR count). The van der Waals surface area contributed by atoms with Crippen LogP contribution >= 0.6 is 0 Å². The van der Waals surface area contributed by atoms with Crippen LogP contribution in [0.15, 0.2) is 47.2 Å². The molecule has 0 saturated carbocycles. The van der Waals surface area contributed by atoms with Gasteiger partial charge in [-0.05, 0) is 26.0 Å². The van der Waals surface area contributed by atoms with Gasteiger partial charge in [0, 0.05) is 11.8 Å². The first-order valence-corrected chi connectivity index (χ1v) is 5.62. The number of para-hydroxylation sites is 1. The van der Waals surface area contributed by atoms with Gasteiger partial charge in [0.05, 0.1) is 5.69 Å². The van der Waals surface area contributed by atoms with E-state index in [1.807, 2.05) is 30.3 Å². The van der Waals surface area contributed by atoms with E-state index in [9.17, 15) is 9.59 Å². The van der Waals surface area contributed by atoms with Gasteiger partial charge >= 0.3 is 5.97 Å². The van der Waals surface area contributed by atoms with Crippen LogP contribution in [0.4, 0.5) is 5.69 Å². The molecule has 92 valence electrons. The van der Waals surface area contributed by atoms with E-state index in [2.05, 4.69) is 4.99 Å². The van der Waals surface area contributed by atoms with E-state index in [1.165, 1.54) is 6.08 Å². The van der Waals surface area contributed by atoms with Crippen molar-refractivity contribution in [1.82, 2.24) is 0 Å². The summed E-state index contributed by atoms with van der Waals surface area (Å²) < 4.78 is 4.95. The van der Waals surface area contributed by atoms with E-state index < -0.39 is 11.9 Å². The molecule has 1 aromatic carbocycles. The van der Waals surface area contributed by atoms with E-state index in [-0.39, 0.29) is 5.78 Å². The highest BCUT2D eigenvalue weighted by Crippen LogP contribution is 2.19. The number of cyclic esters (lactones) is 1. The number of hydrogen-bond donors (Lipinski definition) is 0. The number of allylic oxidation sites excluding steroid dienone is 2. The molecule has 1 aliphatic rings. The molecule has 0 bridgehead atoms. The monoisotopic (exact) mass is 243 g/mol. The van der Waals surface area contributed by atoms with Crippen LogP contribution in [0.5, 0.6) is 0 Å². The third-order valence-electron chi connectivity index (χ3n) is 2.61. The normalized spacial score (nSPS) is 20.4. The molecule has 1 aromatic rings. The average molecular weight is 243 g/mol. The van der Waals surface area contributed by atoms with Gasteiger partial charge in [0.15, 0.2) is 11.7 Å². The van der Waals surface area contributed by atoms with Gasteiger partial charge in [-0.1, -0.05) is 18.2 Å². The van der Waals surface area contributed by atoms with Gasteiger partial charge in [-0.15, -0.1) is 0 Å². The first-order valence-electron chi connectivity index (χ1n) is 5.62. The number of carbonyl (C=O) groups is 2. The van der Waals surface area contributed by atoms with Gasteiger partial charge < -0.3 is 4.74 Å². The van der Waals surface area contributed by atoms with Crippen LogP contribution in [0, 0.1) is 5.92 Å². The molecule has 0 radical (unpaired) electrons. The Labute approximate surface area is 105 Å². The zero-order chi connectivity index (χ0) is 13.1. The van der Waals surface area contributed by atoms with Crippen molar-refractivity contribution in [3.05, 3.63) is 42.2 Å². The maximum atomic E-state index is 11.8. The number of esters is 1. The smallest absolute Gasteiger partial charge is 0.327 e. The summed E-state index contributed by atoms with van der Waals surface area (Å²) in [6.07, 6.45) is 1.33. The maximum absolute atomic E-state index is 11.8. The second-order valence-electron chi connectivity index (χ2n) is 4.10. The summed E-state index contributed by atoms with van der Waals surface area (Å²) in [5, 5.41) is 0. The molecule has 0 saturated heterocycles. The lowest BCUT2D eigenvalue weighted by Crippen LogP contribution is -2.34. The molecule has 0 aliphatic carbocycles. The van der Waals surface area contributed by atoms with Crippen molar-refractivity contribution in [1.29, 1.82) is 0 Å². The van der Waals surface area contributed by atoms with Crippen LogP contribution in [0.2, 0.25) is 0 Å². The van der Waals surface area contributed by atoms with Crippen molar-refractivity contribution >= 4 is 23.2 Å². The van der Waals surface area contributed by atoms with Crippen LogP contribution in [-0.4, -0.2) is 17.5 Å². The van der Waals surface area contributed by atoms with Crippen molar-refractivity contribution < 1.29 is 14.3 Å². The highest BCUT2D eigenvalue weighted by atomic mass is 16.5. The summed E-state index contributed by atoms with van der Waals surface area (Å²) in [6, 6.07) is 9.18. The predicted octanol–water partition coefficient (Wildman–Crippen LogP) is 2.42. The van der Waals surface area contributed by atoms with E-state index in [0.29, 0.717) is 17.2 Å². The highest BCUT2D eigenvalue weighted by Gasteiger charge is 2.33. The second-order valence-corrected chi connectivity index (χ2v) is 4.10. The Morgan fingerprint density at radius 3 is 2.50 bits per heavy atom. The highest BCUT2D eigenvalue weighted by molar-refractivity contribution is 6.23. The van der Waals surface area contributed by atoms with Gasteiger partial charge in [-0.2, -0.15) is 0 Å². The van der Waals surface area contributed by atoms with E-state index >= 15 is 0 Å². The van der Waals surface area contributed by atoms with Gasteiger partial charge in [-0.3, -0.25) is 14.6 Å². The number of benzene rings is 1. The van der Waals surface area contributed by atoms with Crippen LogP contribution in [0.25, 0.3) is 0 Å². The average Bonchev–Trinajstić information content (AvgIpc) is 2.28.